The van der Waals surface area contributed by atoms with Crippen LogP contribution < -0.4 is 9.47 Å². The van der Waals surface area contributed by atoms with Gasteiger partial charge in [-0.25, -0.2) is 4.98 Å². The Hall–Kier alpha value is -3.17. The highest BCUT2D eigenvalue weighted by Gasteiger charge is 2.28. The lowest BCUT2D eigenvalue weighted by molar-refractivity contribution is 0.0849. The third-order valence-corrected chi connectivity index (χ3v) is 4.94. The molecule has 0 bridgehead atoms. The highest BCUT2D eigenvalue weighted by molar-refractivity contribution is 9.10. The number of halogens is 1. The smallest absolute Gasteiger partial charge is 0.170 e. The lowest BCUT2D eigenvalue weighted by Crippen LogP contribution is -2.20. The summed E-state index contributed by atoms with van der Waals surface area (Å²) < 4.78 is 12.6. The molecule has 2 aromatic carbocycles. The average Bonchev–Trinajstić information content (AvgIpc) is 2.72. The molecule has 0 saturated carbocycles. The second kappa shape index (κ2) is 7.83. The van der Waals surface area contributed by atoms with Crippen LogP contribution in [0.4, 0.5) is 0 Å². The maximum atomic E-state index is 12.5. The van der Waals surface area contributed by atoms with Crippen LogP contribution in [0.1, 0.15) is 39.6 Å². The van der Waals surface area contributed by atoms with E-state index in [-0.39, 0.29) is 18.3 Å². The van der Waals surface area contributed by atoms with Crippen LogP contribution in [0.3, 0.4) is 0 Å². The highest BCUT2D eigenvalue weighted by Crippen LogP contribution is 2.37. The number of hydrogen-bond donors (Lipinski definition) is 0. The Morgan fingerprint density at radius 2 is 2.00 bits per heavy atom. The van der Waals surface area contributed by atoms with Crippen LogP contribution in [0.5, 0.6) is 11.5 Å². The van der Waals surface area contributed by atoms with E-state index in [1.165, 1.54) is 0 Å². The number of ether oxygens (including phenoxy) is 2. The zero-order chi connectivity index (χ0) is 19.5. The minimum Gasteiger partial charge on any atom is -0.489 e. The summed E-state index contributed by atoms with van der Waals surface area (Å²) >= 11 is 3.35. The zero-order valence-electron chi connectivity index (χ0n) is 14.8. The number of fused-ring (bicyclic) bond motifs is 1. The minimum absolute atomic E-state index is 0.0397. The molecule has 5 nitrogen and oxygen atoms in total. The van der Waals surface area contributed by atoms with Gasteiger partial charge in [0.15, 0.2) is 5.78 Å². The molecule has 0 fully saturated rings. The first-order chi connectivity index (χ1) is 13.6. The van der Waals surface area contributed by atoms with E-state index in [9.17, 15) is 4.79 Å². The number of aromatic nitrogens is 1. The van der Waals surface area contributed by atoms with Crippen LogP contribution in [0.25, 0.3) is 0 Å². The van der Waals surface area contributed by atoms with E-state index in [2.05, 4.69) is 27.0 Å². The van der Waals surface area contributed by atoms with Gasteiger partial charge in [-0.1, -0.05) is 12.1 Å². The number of rotatable bonds is 4. The van der Waals surface area contributed by atoms with Crippen LogP contribution in [0.2, 0.25) is 0 Å². The highest BCUT2D eigenvalue weighted by atomic mass is 79.9. The first-order valence-electron chi connectivity index (χ1n) is 8.69. The van der Waals surface area contributed by atoms with Gasteiger partial charge in [0.05, 0.1) is 23.6 Å². The molecular weight excluding hydrogens is 420 g/mol. The largest absolute Gasteiger partial charge is 0.489 e. The average molecular weight is 435 g/mol. The van der Waals surface area contributed by atoms with Gasteiger partial charge in [-0.05, 0) is 63.5 Å². The molecule has 0 spiro atoms. The van der Waals surface area contributed by atoms with E-state index < -0.39 is 0 Å². The molecule has 0 saturated heterocycles. The van der Waals surface area contributed by atoms with E-state index in [0.717, 1.165) is 11.1 Å². The van der Waals surface area contributed by atoms with E-state index in [0.29, 0.717) is 33.8 Å². The number of benzene rings is 2. The third-order valence-electron chi connectivity index (χ3n) is 4.50. The van der Waals surface area contributed by atoms with Gasteiger partial charge in [0.2, 0.25) is 0 Å². The summed E-state index contributed by atoms with van der Waals surface area (Å²) in [5.41, 5.74) is 3.02. The number of nitrogens with zero attached hydrogens (tertiary/aromatic N) is 2. The van der Waals surface area contributed by atoms with Gasteiger partial charge in [0.1, 0.15) is 28.8 Å². The van der Waals surface area contributed by atoms with E-state index in [1.54, 1.807) is 36.5 Å². The summed E-state index contributed by atoms with van der Waals surface area (Å²) in [6.07, 6.45) is 1.61. The van der Waals surface area contributed by atoms with Crippen molar-refractivity contribution in [2.24, 2.45) is 0 Å². The second-order valence-electron chi connectivity index (χ2n) is 6.40. The van der Waals surface area contributed by atoms with Crippen molar-refractivity contribution in [2.45, 2.75) is 19.1 Å². The Morgan fingerprint density at radius 1 is 1.18 bits per heavy atom. The molecule has 1 aliphatic rings. The molecule has 138 valence electrons. The van der Waals surface area contributed by atoms with Crippen molar-refractivity contribution in [3.63, 3.8) is 0 Å². The molecule has 1 aromatic heterocycles. The second-order valence-corrected chi connectivity index (χ2v) is 7.21. The molecule has 1 unspecified atom stereocenters. The van der Waals surface area contributed by atoms with Crippen LogP contribution >= 0.6 is 15.9 Å². The maximum absolute atomic E-state index is 12.5. The molecule has 2 heterocycles. The van der Waals surface area contributed by atoms with Crippen molar-refractivity contribution in [3.8, 4) is 17.6 Å². The summed E-state index contributed by atoms with van der Waals surface area (Å²) in [7, 11) is 0. The minimum atomic E-state index is -0.354. The van der Waals surface area contributed by atoms with Gasteiger partial charge in [-0.15, -0.1) is 0 Å². The van der Waals surface area contributed by atoms with Gasteiger partial charge in [0, 0.05) is 12.3 Å². The molecular formula is C22H15BrN2O3. The van der Waals surface area contributed by atoms with Crippen molar-refractivity contribution in [3.05, 3.63) is 87.7 Å². The van der Waals surface area contributed by atoms with Gasteiger partial charge < -0.3 is 9.47 Å². The summed E-state index contributed by atoms with van der Waals surface area (Å²) in [6, 6.07) is 18.3. The van der Waals surface area contributed by atoms with E-state index in [1.807, 2.05) is 24.3 Å². The fourth-order valence-electron chi connectivity index (χ4n) is 3.04. The van der Waals surface area contributed by atoms with Crippen molar-refractivity contribution in [2.75, 3.05) is 0 Å². The van der Waals surface area contributed by atoms with Gasteiger partial charge in [-0.2, -0.15) is 5.26 Å². The van der Waals surface area contributed by atoms with E-state index in [4.69, 9.17) is 14.7 Å². The molecule has 4 rings (SSSR count). The number of ketones is 1. The van der Waals surface area contributed by atoms with Crippen molar-refractivity contribution in [1.29, 1.82) is 5.26 Å². The normalized spacial score (nSPS) is 15.3. The summed E-state index contributed by atoms with van der Waals surface area (Å²) in [4.78, 5) is 16.6. The molecule has 1 atom stereocenters. The maximum Gasteiger partial charge on any atom is 0.170 e. The van der Waals surface area contributed by atoms with E-state index >= 15 is 0 Å². The Morgan fingerprint density at radius 3 is 2.75 bits per heavy atom. The topological polar surface area (TPSA) is 72.2 Å². The van der Waals surface area contributed by atoms with Gasteiger partial charge in [-0.3, -0.25) is 4.79 Å². The van der Waals surface area contributed by atoms with Crippen LogP contribution in [-0.2, 0) is 6.61 Å². The summed E-state index contributed by atoms with van der Waals surface area (Å²) in [5.74, 6) is 1.18. The van der Waals surface area contributed by atoms with Crippen LogP contribution in [0.15, 0.2) is 65.4 Å². The zero-order valence-corrected chi connectivity index (χ0v) is 16.3. The Balaban J connectivity index is 1.51. The number of nitriles is 1. The predicted octanol–water partition coefficient (Wildman–Crippen LogP) is 5.00. The molecule has 0 N–H and O–H groups in total. The van der Waals surface area contributed by atoms with Crippen molar-refractivity contribution in [1.82, 2.24) is 4.98 Å². The Kier molecular flexibility index (Phi) is 5.09. The number of Topliss-reactive ketones (excluding diaryl/α,β-unsaturated/α-hetero) is 1. The number of carbonyl (C=O) groups is 1. The van der Waals surface area contributed by atoms with Crippen LogP contribution in [0, 0.1) is 11.3 Å². The quantitative estimate of drug-likeness (QED) is 0.540. The van der Waals surface area contributed by atoms with Crippen molar-refractivity contribution < 1.29 is 14.3 Å². The predicted molar refractivity (Wildman–Crippen MR) is 106 cm³/mol. The number of hydrogen-bond acceptors (Lipinski definition) is 5. The molecule has 0 radical (unpaired) electrons. The van der Waals surface area contributed by atoms with Gasteiger partial charge >= 0.3 is 0 Å². The fraction of sp³-hybridized carbons (Fsp3) is 0.136. The SMILES string of the molecule is N#Cc1ccc(COc2ccc3c(c2)OC(c2ccnc(Br)c2)CC3=O)cc1. The molecule has 6 heteroatoms. The summed E-state index contributed by atoms with van der Waals surface area (Å²) in [5, 5.41) is 8.86. The molecule has 3 aromatic rings. The summed E-state index contributed by atoms with van der Waals surface area (Å²) in [6.45, 7) is 0.360. The lowest BCUT2D eigenvalue weighted by Gasteiger charge is -2.26. The standard InChI is InChI=1S/C22H15BrN2O3/c23-22-9-16(7-8-25-22)20-11-19(26)18-6-5-17(10-21(18)28-20)27-13-15-3-1-14(12-24)2-4-15/h1-10,20H,11,13H2. The molecule has 0 amide bonds. The third kappa shape index (κ3) is 3.90. The van der Waals surface area contributed by atoms with Crippen LogP contribution in [-0.4, -0.2) is 10.8 Å². The Bertz CT molecular complexity index is 1070. The van der Waals surface area contributed by atoms with Crippen molar-refractivity contribution >= 4 is 21.7 Å². The lowest BCUT2D eigenvalue weighted by atomic mass is 9.97. The molecule has 1 aliphatic heterocycles. The first kappa shape index (κ1) is 18.2. The van der Waals surface area contributed by atoms with Gasteiger partial charge in [0.25, 0.3) is 0 Å². The molecule has 28 heavy (non-hydrogen) atoms. The Labute approximate surface area is 170 Å². The monoisotopic (exact) mass is 434 g/mol. The number of pyridine rings is 1. The number of carbonyl (C=O) groups excluding carboxylic acids is 1. The fourth-order valence-corrected chi connectivity index (χ4v) is 3.42. The molecule has 0 aliphatic carbocycles. The first-order valence-corrected chi connectivity index (χ1v) is 9.49.